The van der Waals surface area contributed by atoms with E-state index in [1.54, 1.807) is 17.8 Å². The third-order valence-electron chi connectivity index (χ3n) is 5.07. The van der Waals surface area contributed by atoms with Crippen LogP contribution < -0.4 is 5.32 Å². The maximum atomic E-state index is 12.8. The monoisotopic (exact) mass is 403 g/mol. The molecule has 2 fully saturated rings. The first-order chi connectivity index (χ1) is 13.7. The van der Waals surface area contributed by atoms with Gasteiger partial charge < -0.3 is 19.9 Å². The minimum absolute atomic E-state index is 0.245. The molecule has 1 saturated heterocycles. The van der Waals surface area contributed by atoms with Crippen LogP contribution in [-0.2, 0) is 28.7 Å². The molecule has 1 aliphatic heterocycles. The summed E-state index contributed by atoms with van der Waals surface area (Å²) in [6, 6.07) is 3.56. The standard InChI is InChI=1S/C20H29N5O4/c1-20(2,3)25-15(17-8-13(26)11-29-17)9-18(23-25)21-19(27)16-7-12(22-24(16)4)10-28-14-5-6-14/h7,9,13-14,17,26H,5-6,8,10-11H2,1-4H3,(H,21,23,27). The maximum absolute atomic E-state index is 12.8. The van der Waals surface area contributed by atoms with Crippen LogP contribution in [0.25, 0.3) is 0 Å². The van der Waals surface area contributed by atoms with Gasteiger partial charge in [-0.05, 0) is 39.7 Å². The molecule has 3 heterocycles. The summed E-state index contributed by atoms with van der Waals surface area (Å²) in [5, 5.41) is 21.6. The van der Waals surface area contributed by atoms with E-state index in [4.69, 9.17) is 9.47 Å². The van der Waals surface area contributed by atoms with Crippen molar-refractivity contribution in [2.45, 2.75) is 70.5 Å². The molecule has 9 heteroatoms. The van der Waals surface area contributed by atoms with Crippen LogP contribution in [0, 0.1) is 0 Å². The lowest BCUT2D eigenvalue weighted by Gasteiger charge is -2.24. The van der Waals surface area contributed by atoms with Crippen LogP contribution in [0.15, 0.2) is 12.1 Å². The normalized spacial score (nSPS) is 22.2. The quantitative estimate of drug-likeness (QED) is 0.766. The second-order valence-corrected chi connectivity index (χ2v) is 8.86. The molecule has 1 aliphatic carbocycles. The van der Waals surface area contributed by atoms with Crippen molar-refractivity contribution in [1.82, 2.24) is 19.6 Å². The molecule has 29 heavy (non-hydrogen) atoms. The first-order valence-corrected chi connectivity index (χ1v) is 10.1. The van der Waals surface area contributed by atoms with Crippen LogP contribution in [0.2, 0.25) is 0 Å². The molecule has 2 aromatic rings. The zero-order chi connectivity index (χ0) is 20.8. The number of aliphatic hydroxyl groups excluding tert-OH is 1. The van der Waals surface area contributed by atoms with Gasteiger partial charge in [-0.2, -0.15) is 10.2 Å². The van der Waals surface area contributed by atoms with E-state index >= 15 is 0 Å². The Labute approximate surface area is 170 Å². The maximum Gasteiger partial charge on any atom is 0.275 e. The van der Waals surface area contributed by atoms with Crippen LogP contribution >= 0.6 is 0 Å². The number of hydrogen-bond donors (Lipinski definition) is 2. The number of aliphatic hydroxyl groups is 1. The number of carbonyl (C=O) groups excluding carboxylic acids is 1. The minimum Gasteiger partial charge on any atom is -0.391 e. The molecule has 2 N–H and O–H groups in total. The van der Waals surface area contributed by atoms with Crippen molar-refractivity contribution < 1.29 is 19.4 Å². The van der Waals surface area contributed by atoms with E-state index < -0.39 is 6.10 Å². The number of anilines is 1. The molecule has 1 amide bonds. The summed E-state index contributed by atoms with van der Waals surface area (Å²) < 4.78 is 14.8. The van der Waals surface area contributed by atoms with Crippen molar-refractivity contribution >= 4 is 11.7 Å². The highest BCUT2D eigenvalue weighted by Crippen LogP contribution is 2.33. The average Bonchev–Trinajstić information content (AvgIpc) is 3.01. The first-order valence-electron chi connectivity index (χ1n) is 10.1. The van der Waals surface area contributed by atoms with Crippen LogP contribution in [0.3, 0.4) is 0 Å². The molecule has 0 aromatic carbocycles. The lowest BCUT2D eigenvalue weighted by molar-refractivity contribution is 0.0814. The van der Waals surface area contributed by atoms with Crippen molar-refractivity contribution in [1.29, 1.82) is 0 Å². The van der Waals surface area contributed by atoms with Gasteiger partial charge in [-0.15, -0.1) is 0 Å². The Morgan fingerprint density at radius 2 is 2.10 bits per heavy atom. The van der Waals surface area contributed by atoms with Gasteiger partial charge >= 0.3 is 0 Å². The van der Waals surface area contributed by atoms with Gasteiger partial charge in [-0.3, -0.25) is 14.2 Å². The van der Waals surface area contributed by atoms with Gasteiger partial charge in [0.15, 0.2) is 5.82 Å². The SMILES string of the molecule is Cn1nc(COC2CC2)cc1C(=O)Nc1cc(C2CC(O)CO2)n(C(C)(C)C)n1. The zero-order valence-electron chi connectivity index (χ0n) is 17.4. The molecule has 0 bridgehead atoms. The Morgan fingerprint density at radius 1 is 1.34 bits per heavy atom. The van der Waals surface area contributed by atoms with Gasteiger partial charge in [-0.25, -0.2) is 0 Å². The number of nitrogens with one attached hydrogen (secondary N) is 1. The van der Waals surface area contributed by atoms with Crippen LogP contribution in [-0.4, -0.2) is 49.4 Å². The number of aryl methyl sites for hydroxylation is 1. The number of amides is 1. The number of rotatable bonds is 6. The van der Waals surface area contributed by atoms with Gasteiger partial charge in [0.05, 0.1) is 42.3 Å². The fourth-order valence-corrected chi connectivity index (χ4v) is 3.47. The largest absolute Gasteiger partial charge is 0.391 e. The summed E-state index contributed by atoms with van der Waals surface area (Å²) >= 11 is 0. The molecule has 2 aliphatic rings. The Balaban J connectivity index is 1.51. The van der Waals surface area contributed by atoms with E-state index in [0.717, 1.165) is 24.2 Å². The molecule has 4 rings (SSSR count). The van der Waals surface area contributed by atoms with E-state index in [1.807, 2.05) is 31.5 Å². The van der Waals surface area contributed by atoms with Gasteiger partial charge in [0.2, 0.25) is 0 Å². The summed E-state index contributed by atoms with van der Waals surface area (Å²) in [5.74, 6) is 0.164. The minimum atomic E-state index is -0.480. The highest BCUT2D eigenvalue weighted by atomic mass is 16.5. The Bertz CT molecular complexity index is 893. The number of aromatic nitrogens is 4. The smallest absolute Gasteiger partial charge is 0.275 e. The number of carbonyl (C=O) groups is 1. The molecule has 0 radical (unpaired) electrons. The van der Waals surface area contributed by atoms with E-state index in [-0.39, 0.29) is 17.6 Å². The van der Waals surface area contributed by atoms with Gasteiger partial charge in [0, 0.05) is 19.5 Å². The van der Waals surface area contributed by atoms with E-state index in [0.29, 0.717) is 37.3 Å². The van der Waals surface area contributed by atoms with Crippen LogP contribution in [0.4, 0.5) is 5.82 Å². The molecule has 0 spiro atoms. The van der Waals surface area contributed by atoms with Crippen molar-refractivity contribution in [2.24, 2.45) is 7.05 Å². The highest BCUT2D eigenvalue weighted by Gasteiger charge is 2.32. The van der Waals surface area contributed by atoms with Crippen molar-refractivity contribution in [2.75, 3.05) is 11.9 Å². The lowest BCUT2D eigenvalue weighted by atomic mass is 10.1. The summed E-state index contributed by atoms with van der Waals surface area (Å²) in [7, 11) is 1.74. The molecule has 158 valence electrons. The van der Waals surface area contributed by atoms with E-state index in [9.17, 15) is 9.90 Å². The second kappa shape index (κ2) is 7.55. The predicted molar refractivity (Wildman–Crippen MR) is 106 cm³/mol. The van der Waals surface area contributed by atoms with Crippen molar-refractivity contribution in [3.63, 3.8) is 0 Å². The fraction of sp³-hybridized carbons (Fsp3) is 0.650. The lowest BCUT2D eigenvalue weighted by Crippen LogP contribution is -2.26. The second-order valence-electron chi connectivity index (χ2n) is 8.86. The van der Waals surface area contributed by atoms with Crippen molar-refractivity contribution in [3.8, 4) is 0 Å². The summed E-state index contributed by atoms with van der Waals surface area (Å²) in [4.78, 5) is 12.8. The molecule has 2 aromatic heterocycles. The molecule has 1 saturated carbocycles. The van der Waals surface area contributed by atoms with E-state index in [2.05, 4.69) is 15.5 Å². The van der Waals surface area contributed by atoms with Gasteiger partial charge in [-0.1, -0.05) is 0 Å². The Kier molecular flexibility index (Phi) is 5.22. The average molecular weight is 403 g/mol. The third-order valence-corrected chi connectivity index (χ3v) is 5.07. The fourth-order valence-electron chi connectivity index (χ4n) is 3.47. The Morgan fingerprint density at radius 3 is 2.72 bits per heavy atom. The summed E-state index contributed by atoms with van der Waals surface area (Å²) in [5.41, 5.74) is 1.72. The van der Waals surface area contributed by atoms with E-state index in [1.165, 1.54) is 0 Å². The Hall–Kier alpha value is -2.23. The molecular formula is C20H29N5O4. The third kappa shape index (κ3) is 4.52. The topological polar surface area (TPSA) is 103 Å². The van der Waals surface area contributed by atoms with Gasteiger partial charge in [0.25, 0.3) is 5.91 Å². The summed E-state index contributed by atoms with van der Waals surface area (Å²) in [6.07, 6.45) is 2.32. The number of hydrogen-bond acceptors (Lipinski definition) is 6. The van der Waals surface area contributed by atoms with Crippen LogP contribution in [0.1, 0.15) is 68.0 Å². The van der Waals surface area contributed by atoms with Crippen LogP contribution in [0.5, 0.6) is 0 Å². The first kappa shape index (κ1) is 20.1. The molecule has 9 nitrogen and oxygen atoms in total. The predicted octanol–water partition coefficient (Wildman–Crippen LogP) is 2.13. The molecule has 2 unspecified atom stereocenters. The zero-order valence-corrected chi connectivity index (χ0v) is 17.4. The summed E-state index contributed by atoms with van der Waals surface area (Å²) in [6.45, 7) is 6.83. The van der Waals surface area contributed by atoms with Gasteiger partial charge in [0.1, 0.15) is 11.8 Å². The molecule has 2 atom stereocenters. The highest BCUT2D eigenvalue weighted by molar-refractivity contribution is 6.02. The number of ether oxygens (including phenoxy) is 2. The number of nitrogens with zero attached hydrogens (tertiary/aromatic N) is 4. The van der Waals surface area contributed by atoms with Crippen molar-refractivity contribution in [3.05, 3.63) is 29.2 Å². The molecular weight excluding hydrogens is 374 g/mol.